The first-order valence-electron chi connectivity index (χ1n) is 6.55. The van der Waals surface area contributed by atoms with Gasteiger partial charge in [0, 0.05) is 25.4 Å². The molecular weight excluding hydrogens is 240 g/mol. The zero-order valence-electron chi connectivity index (χ0n) is 11.6. The van der Waals surface area contributed by atoms with Crippen LogP contribution in [0.3, 0.4) is 0 Å². The molecule has 0 bridgehead atoms. The van der Waals surface area contributed by atoms with Gasteiger partial charge in [0.05, 0.1) is 12.4 Å². The zero-order chi connectivity index (χ0) is 13.7. The lowest BCUT2D eigenvalue weighted by Gasteiger charge is -2.13. The normalized spacial score (nSPS) is 12.4. The topological polar surface area (TPSA) is 52.0 Å². The fourth-order valence-corrected chi connectivity index (χ4v) is 1.76. The maximum absolute atomic E-state index is 5.60. The van der Waals surface area contributed by atoms with Gasteiger partial charge in [-0.25, -0.2) is 4.98 Å². The van der Waals surface area contributed by atoms with Crippen LogP contribution in [-0.2, 0) is 7.05 Å². The highest BCUT2D eigenvalue weighted by molar-refractivity contribution is 5.25. The van der Waals surface area contributed by atoms with Gasteiger partial charge in [-0.1, -0.05) is 13.0 Å². The van der Waals surface area contributed by atoms with Crippen molar-refractivity contribution >= 4 is 0 Å². The lowest BCUT2D eigenvalue weighted by molar-refractivity contribution is 0.460. The Balaban J connectivity index is 1.98. The second-order valence-electron chi connectivity index (χ2n) is 4.56. The molecule has 0 aromatic carbocycles. The van der Waals surface area contributed by atoms with Gasteiger partial charge in [0.15, 0.2) is 5.75 Å². The van der Waals surface area contributed by atoms with Crippen molar-refractivity contribution in [1.29, 1.82) is 0 Å². The molecule has 2 aromatic rings. The second kappa shape index (κ2) is 6.33. The number of aromatic nitrogens is 3. The summed E-state index contributed by atoms with van der Waals surface area (Å²) in [6, 6.07) is 4.22. The Hall–Kier alpha value is -1.88. The minimum absolute atomic E-state index is 0.305. The van der Waals surface area contributed by atoms with Gasteiger partial charge in [0.1, 0.15) is 0 Å². The van der Waals surface area contributed by atoms with E-state index in [4.69, 9.17) is 4.74 Å². The van der Waals surface area contributed by atoms with Crippen LogP contribution in [0.5, 0.6) is 11.6 Å². The third-order valence-corrected chi connectivity index (χ3v) is 2.86. The van der Waals surface area contributed by atoms with Gasteiger partial charge in [-0.2, -0.15) is 5.10 Å². The van der Waals surface area contributed by atoms with Crippen LogP contribution in [0.4, 0.5) is 0 Å². The summed E-state index contributed by atoms with van der Waals surface area (Å²) in [5.41, 5.74) is 1.16. The van der Waals surface area contributed by atoms with Gasteiger partial charge < -0.3 is 10.1 Å². The smallest absolute Gasteiger partial charge is 0.219 e. The number of ether oxygens (including phenoxy) is 1. The fraction of sp³-hybridized carbons (Fsp3) is 0.429. The van der Waals surface area contributed by atoms with Gasteiger partial charge >= 0.3 is 0 Å². The number of rotatable bonds is 6. The Morgan fingerprint density at radius 2 is 2.21 bits per heavy atom. The quantitative estimate of drug-likeness (QED) is 0.867. The summed E-state index contributed by atoms with van der Waals surface area (Å²) < 4.78 is 7.30. The van der Waals surface area contributed by atoms with Crippen LogP contribution in [0, 0.1) is 0 Å². The van der Waals surface area contributed by atoms with Crippen LogP contribution >= 0.6 is 0 Å². The average Bonchev–Trinajstić information content (AvgIpc) is 2.82. The Bertz CT molecular complexity index is 506. The third kappa shape index (κ3) is 3.79. The van der Waals surface area contributed by atoms with E-state index in [0.717, 1.165) is 18.5 Å². The molecule has 0 aliphatic heterocycles. The summed E-state index contributed by atoms with van der Waals surface area (Å²) >= 11 is 0. The summed E-state index contributed by atoms with van der Waals surface area (Å²) in [4.78, 5) is 4.31. The van der Waals surface area contributed by atoms with Crippen LogP contribution < -0.4 is 10.1 Å². The molecule has 102 valence electrons. The van der Waals surface area contributed by atoms with E-state index in [1.807, 2.05) is 25.4 Å². The van der Waals surface area contributed by atoms with Crippen LogP contribution in [0.2, 0.25) is 0 Å². The molecule has 0 aliphatic rings. The molecule has 1 N–H and O–H groups in total. The van der Waals surface area contributed by atoms with Crippen molar-refractivity contribution in [1.82, 2.24) is 20.1 Å². The SMILES string of the molecule is CCCNC(C)c1ccc(Oc2cnn(C)c2)nc1. The molecule has 0 radical (unpaired) electrons. The monoisotopic (exact) mass is 260 g/mol. The molecule has 0 fully saturated rings. The number of aryl methyl sites for hydroxylation is 1. The summed E-state index contributed by atoms with van der Waals surface area (Å²) in [6.45, 7) is 5.30. The predicted octanol–water partition coefficient (Wildman–Crippen LogP) is 2.67. The zero-order valence-corrected chi connectivity index (χ0v) is 11.6. The summed E-state index contributed by atoms with van der Waals surface area (Å²) in [5.74, 6) is 1.28. The van der Waals surface area contributed by atoms with Crippen molar-refractivity contribution < 1.29 is 4.74 Å². The first-order valence-corrected chi connectivity index (χ1v) is 6.55. The molecular formula is C14H20N4O. The van der Waals surface area contributed by atoms with E-state index in [1.165, 1.54) is 0 Å². The molecule has 0 amide bonds. The van der Waals surface area contributed by atoms with E-state index in [9.17, 15) is 0 Å². The van der Waals surface area contributed by atoms with Gasteiger partial charge in [0.2, 0.25) is 5.88 Å². The van der Waals surface area contributed by atoms with Gasteiger partial charge in [0.25, 0.3) is 0 Å². The van der Waals surface area contributed by atoms with E-state index in [2.05, 4.69) is 29.2 Å². The van der Waals surface area contributed by atoms with Crippen molar-refractivity contribution in [3.05, 3.63) is 36.3 Å². The molecule has 0 spiro atoms. The molecule has 1 unspecified atom stereocenters. The molecule has 5 heteroatoms. The first kappa shape index (κ1) is 13.5. The van der Waals surface area contributed by atoms with E-state index in [1.54, 1.807) is 17.1 Å². The molecule has 5 nitrogen and oxygen atoms in total. The second-order valence-corrected chi connectivity index (χ2v) is 4.56. The minimum Gasteiger partial charge on any atom is -0.436 e. The Morgan fingerprint density at radius 1 is 1.37 bits per heavy atom. The van der Waals surface area contributed by atoms with Crippen molar-refractivity contribution in [2.24, 2.45) is 7.05 Å². The van der Waals surface area contributed by atoms with Crippen LogP contribution in [-0.4, -0.2) is 21.3 Å². The van der Waals surface area contributed by atoms with Crippen LogP contribution in [0.15, 0.2) is 30.7 Å². The maximum Gasteiger partial charge on any atom is 0.219 e. The van der Waals surface area contributed by atoms with Crippen molar-refractivity contribution in [2.45, 2.75) is 26.3 Å². The third-order valence-electron chi connectivity index (χ3n) is 2.86. The molecule has 2 heterocycles. The fourth-order valence-electron chi connectivity index (χ4n) is 1.76. The molecule has 0 saturated heterocycles. The largest absolute Gasteiger partial charge is 0.436 e. The van der Waals surface area contributed by atoms with Crippen molar-refractivity contribution in [2.75, 3.05) is 6.54 Å². The molecule has 19 heavy (non-hydrogen) atoms. The maximum atomic E-state index is 5.60. The molecule has 1 atom stereocenters. The highest BCUT2D eigenvalue weighted by Crippen LogP contribution is 2.20. The summed E-state index contributed by atoms with van der Waals surface area (Å²) in [6.07, 6.45) is 6.45. The number of hydrogen-bond acceptors (Lipinski definition) is 4. The van der Waals surface area contributed by atoms with Crippen molar-refractivity contribution in [3.63, 3.8) is 0 Å². The van der Waals surface area contributed by atoms with E-state index in [0.29, 0.717) is 17.7 Å². The first-order chi connectivity index (χ1) is 9.19. The Labute approximate surface area is 113 Å². The number of hydrogen-bond donors (Lipinski definition) is 1. The lowest BCUT2D eigenvalue weighted by Crippen LogP contribution is -2.19. The van der Waals surface area contributed by atoms with Crippen LogP contribution in [0.1, 0.15) is 31.9 Å². The number of nitrogens with one attached hydrogen (secondary N) is 1. The van der Waals surface area contributed by atoms with E-state index >= 15 is 0 Å². The molecule has 0 aliphatic carbocycles. The van der Waals surface area contributed by atoms with Gasteiger partial charge in [-0.15, -0.1) is 0 Å². The standard InChI is InChI=1S/C14H20N4O/c1-4-7-15-11(2)12-5-6-14(16-8-12)19-13-9-17-18(3)10-13/h5-6,8-11,15H,4,7H2,1-3H3. The van der Waals surface area contributed by atoms with Gasteiger partial charge in [-0.05, 0) is 25.5 Å². The average molecular weight is 260 g/mol. The molecule has 0 saturated carbocycles. The lowest BCUT2D eigenvalue weighted by atomic mass is 10.1. The van der Waals surface area contributed by atoms with Crippen molar-refractivity contribution in [3.8, 4) is 11.6 Å². The highest BCUT2D eigenvalue weighted by atomic mass is 16.5. The van der Waals surface area contributed by atoms with Crippen LogP contribution in [0.25, 0.3) is 0 Å². The van der Waals surface area contributed by atoms with Gasteiger partial charge in [-0.3, -0.25) is 4.68 Å². The van der Waals surface area contributed by atoms with E-state index < -0.39 is 0 Å². The predicted molar refractivity (Wildman–Crippen MR) is 74.2 cm³/mol. The minimum atomic E-state index is 0.305. The molecule has 2 aromatic heterocycles. The Kier molecular flexibility index (Phi) is 4.52. The Morgan fingerprint density at radius 3 is 2.79 bits per heavy atom. The number of nitrogens with zero attached hydrogens (tertiary/aromatic N) is 3. The van der Waals surface area contributed by atoms with E-state index in [-0.39, 0.29) is 0 Å². The summed E-state index contributed by atoms with van der Waals surface area (Å²) in [7, 11) is 1.85. The summed E-state index contributed by atoms with van der Waals surface area (Å²) in [5, 5.41) is 7.47. The number of pyridine rings is 1. The molecule has 2 rings (SSSR count). The highest BCUT2D eigenvalue weighted by Gasteiger charge is 2.06.